The fourth-order valence-electron chi connectivity index (χ4n) is 3.37. The number of nitrogens with zero attached hydrogens (tertiary/aromatic N) is 1. The van der Waals surface area contributed by atoms with Crippen LogP contribution in [-0.4, -0.2) is 30.8 Å². The summed E-state index contributed by atoms with van der Waals surface area (Å²) in [5.41, 5.74) is 2.48. The third-order valence-corrected chi connectivity index (χ3v) is 4.72. The lowest BCUT2D eigenvalue weighted by Gasteiger charge is -2.17. The normalized spacial score (nSPS) is 20.9. The largest absolute Gasteiger partial charge is 0.370 e. The average molecular weight is 324 g/mol. The summed E-state index contributed by atoms with van der Waals surface area (Å²) in [5, 5.41) is 6.61. The van der Waals surface area contributed by atoms with Crippen molar-refractivity contribution in [3.05, 3.63) is 23.4 Å². The molecule has 1 aromatic heterocycles. The molecule has 1 aromatic rings. The molecule has 4 heteroatoms. The van der Waals surface area contributed by atoms with E-state index in [4.69, 9.17) is 4.98 Å². The zero-order chi connectivity index (χ0) is 16.5. The van der Waals surface area contributed by atoms with Gasteiger partial charge in [-0.15, -0.1) is 0 Å². The van der Waals surface area contributed by atoms with E-state index >= 15 is 0 Å². The second-order valence-corrected chi connectivity index (χ2v) is 6.36. The number of nitrogens with one attached hydrogen (secondary N) is 2. The molecular weight excluding hydrogens is 289 g/mol. The fraction of sp³-hybridized carbons (Fsp3) is 0.737. The van der Waals surface area contributed by atoms with E-state index < -0.39 is 6.17 Å². The quantitative estimate of drug-likeness (QED) is 0.763. The van der Waals surface area contributed by atoms with Crippen molar-refractivity contribution in [2.24, 2.45) is 5.92 Å². The average Bonchev–Trinajstić information content (AvgIpc) is 3.15. The first kappa shape index (κ1) is 18.2. The third kappa shape index (κ3) is 5.45. The Hall–Kier alpha value is -1.16. The summed E-state index contributed by atoms with van der Waals surface area (Å²) in [6.45, 7) is 6.87. The Bertz CT molecular complexity index is 464. The van der Waals surface area contributed by atoms with E-state index in [9.17, 15) is 4.39 Å². The van der Waals surface area contributed by atoms with E-state index in [2.05, 4.69) is 22.8 Å². The third-order valence-electron chi connectivity index (χ3n) is 4.72. The Balaban J connectivity index is 0.000000925. The Kier molecular flexibility index (Phi) is 7.80. The van der Waals surface area contributed by atoms with Gasteiger partial charge in [0.2, 0.25) is 0 Å². The van der Waals surface area contributed by atoms with E-state index in [1.54, 1.807) is 0 Å². The molecule has 2 atom stereocenters. The maximum Gasteiger partial charge on any atom is 0.129 e. The van der Waals surface area contributed by atoms with Crippen molar-refractivity contribution in [3.8, 4) is 0 Å². The van der Waals surface area contributed by atoms with Crippen LogP contribution in [-0.2, 0) is 12.8 Å². The molecular formula is C19H34FN3. The number of unbranched alkanes of at least 4 members (excludes halogenated alkanes) is 1. The zero-order valence-corrected chi connectivity index (χ0v) is 14.7. The summed E-state index contributed by atoms with van der Waals surface area (Å²) in [6, 6.07) is 4.34. The van der Waals surface area contributed by atoms with Crippen LogP contribution in [0, 0.1) is 5.92 Å². The SMILES string of the molecule is CC.FC(CCCCc1ccc2c(n1)NCCC2)[C@@H]1CCNC1.[HH]. The summed E-state index contributed by atoms with van der Waals surface area (Å²) < 4.78 is 14.0. The fourth-order valence-corrected chi connectivity index (χ4v) is 3.37. The van der Waals surface area contributed by atoms with Crippen LogP contribution in [0.4, 0.5) is 10.2 Å². The molecule has 1 saturated heterocycles. The van der Waals surface area contributed by atoms with E-state index in [-0.39, 0.29) is 7.34 Å². The maximum atomic E-state index is 14.0. The summed E-state index contributed by atoms with van der Waals surface area (Å²) in [5.74, 6) is 1.32. The number of fused-ring (bicyclic) bond motifs is 1. The molecule has 0 aliphatic carbocycles. The molecule has 2 aliphatic rings. The minimum atomic E-state index is -0.627. The van der Waals surface area contributed by atoms with E-state index in [0.717, 1.165) is 63.3 Å². The van der Waals surface area contributed by atoms with Crippen LogP contribution in [0.15, 0.2) is 12.1 Å². The maximum absolute atomic E-state index is 14.0. The van der Waals surface area contributed by atoms with Gasteiger partial charge in [-0.05, 0) is 56.7 Å². The first-order valence-electron chi connectivity index (χ1n) is 9.40. The van der Waals surface area contributed by atoms with Gasteiger partial charge in [0.05, 0.1) is 0 Å². The number of anilines is 1. The predicted octanol–water partition coefficient (Wildman–Crippen LogP) is 4.37. The summed E-state index contributed by atoms with van der Waals surface area (Å²) in [7, 11) is 0. The number of hydrogen-bond acceptors (Lipinski definition) is 3. The van der Waals surface area contributed by atoms with Gasteiger partial charge in [-0.2, -0.15) is 0 Å². The van der Waals surface area contributed by atoms with E-state index in [0.29, 0.717) is 6.42 Å². The van der Waals surface area contributed by atoms with Crippen LogP contribution >= 0.6 is 0 Å². The monoisotopic (exact) mass is 323 g/mol. The van der Waals surface area contributed by atoms with Gasteiger partial charge in [-0.1, -0.05) is 26.3 Å². The van der Waals surface area contributed by atoms with Gasteiger partial charge in [-0.3, -0.25) is 0 Å². The summed E-state index contributed by atoms with van der Waals surface area (Å²) >= 11 is 0. The number of aryl methyl sites for hydroxylation is 2. The smallest absolute Gasteiger partial charge is 0.129 e. The molecule has 3 nitrogen and oxygen atoms in total. The van der Waals surface area contributed by atoms with Gasteiger partial charge in [0.15, 0.2) is 0 Å². The van der Waals surface area contributed by atoms with Crippen molar-refractivity contribution in [1.82, 2.24) is 10.3 Å². The second kappa shape index (κ2) is 9.86. The van der Waals surface area contributed by atoms with Crippen LogP contribution < -0.4 is 10.6 Å². The highest BCUT2D eigenvalue weighted by Gasteiger charge is 2.23. The van der Waals surface area contributed by atoms with Crippen molar-refractivity contribution in [2.45, 2.75) is 65.0 Å². The first-order valence-corrected chi connectivity index (χ1v) is 9.40. The molecule has 132 valence electrons. The molecule has 0 amide bonds. The highest BCUT2D eigenvalue weighted by molar-refractivity contribution is 5.46. The van der Waals surface area contributed by atoms with Crippen molar-refractivity contribution in [1.29, 1.82) is 0 Å². The molecule has 0 bridgehead atoms. The molecule has 2 N–H and O–H groups in total. The Morgan fingerprint density at radius 1 is 1.30 bits per heavy atom. The first-order chi connectivity index (χ1) is 11.3. The highest BCUT2D eigenvalue weighted by atomic mass is 19.1. The topological polar surface area (TPSA) is 37.0 Å². The van der Waals surface area contributed by atoms with Crippen LogP contribution in [0.1, 0.15) is 58.6 Å². The van der Waals surface area contributed by atoms with Crippen molar-refractivity contribution < 1.29 is 5.82 Å². The number of rotatable bonds is 6. The molecule has 2 aliphatic heterocycles. The van der Waals surface area contributed by atoms with Gasteiger partial charge >= 0.3 is 0 Å². The Morgan fingerprint density at radius 3 is 2.96 bits per heavy atom. The minimum Gasteiger partial charge on any atom is -0.370 e. The number of halogens is 1. The molecule has 1 unspecified atom stereocenters. The van der Waals surface area contributed by atoms with Gasteiger partial charge < -0.3 is 10.6 Å². The van der Waals surface area contributed by atoms with Gasteiger partial charge in [0, 0.05) is 26.1 Å². The van der Waals surface area contributed by atoms with Crippen LogP contribution in [0.3, 0.4) is 0 Å². The Labute approximate surface area is 142 Å². The zero-order valence-electron chi connectivity index (χ0n) is 14.7. The molecule has 23 heavy (non-hydrogen) atoms. The lowest BCUT2D eigenvalue weighted by Crippen LogP contribution is -2.19. The Morgan fingerprint density at radius 2 is 2.17 bits per heavy atom. The van der Waals surface area contributed by atoms with E-state index in [1.807, 2.05) is 13.8 Å². The van der Waals surface area contributed by atoms with Crippen molar-refractivity contribution in [3.63, 3.8) is 0 Å². The van der Waals surface area contributed by atoms with Gasteiger partial charge in [-0.25, -0.2) is 9.37 Å². The number of aromatic nitrogens is 1. The molecule has 0 radical (unpaired) electrons. The van der Waals surface area contributed by atoms with Crippen LogP contribution in [0.25, 0.3) is 0 Å². The van der Waals surface area contributed by atoms with Crippen LogP contribution in [0.5, 0.6) is 0 Å². The predicted molar refractivity (Wildman–Crippen MR) is 97.9 cm³/mol. The number of pyridine rings is 1. The minimum absolute atomic E-state index is 0. The lowest BCUT2D eigenvalue weighted by atomic mass is 9.97. The standard InChI is InChI=1S/C17H26FN3.C2H6.H2/c18-16(14-9-11-19-12-14)6-2-1-5-15-8-7-13-4-3-10-20-17(13)21-15;1-2;/h7-8,14,16,19H,1-6,9-12H2,(H,20,21);1-2H3;1H/t14-,16?;;/m1../s1. The van der Waals surface area contributed by atoms with Crippen molar-refractivity contribution >= 4 is 5.82 Å². The molecule has 1 fully saturated rings. The summed E-state index contributed by atoms with van der Waals surface area (Å²) in [6.07, 6.45) is 6.37. The molecule has 0 spiro atoms. The molecule has 3 heterocycles. The van der Waals surface area contributed by atoms with Crippen molar-refractivity contribution in [2.75, 3.05) is 25.0 Å². The second-order valence-electron chi connectivity index (χ2n) is 6.36. The van der Waals surface area contributed by atoms with Gasteiger partial charge in [0.25, 0.3) is 0 Å². The lowest BCUT2D eigenvalue weighted by molar-refractivity contribution is 0.221. The van der Waals surface area contributed by atoms with Gasteiger partial charge in [0.1, 0.15) is 12.0 Å². The van der Waals surface area contributed by atoms with E-state index in [1.165, 1.54) is 12.0 Å². The number of alkyl halides is 1. The highest BCUT2D eigenvalue weighted by Crippen LogP contribution is 2.22. The molecule has 3 rings (SSSR count). The molecule has 0 saturated carbocycles. The summed E-state index contributed by atoms with van der Waals surface area (Å²) in [4.78, 5) is 4.69. The number of hydrogen-bond donors (Lipinski definition) is 2. The molecule has 0 aromatic carbocycles. The van der Waals surface area contributed by atoms with Crippen LogP contribution in [0.2, 0.25) is 0 Å².